The number of halogens is 1. The third-order valence-electron chi connectivity index (χ3n) is 7.36. The highest BCUT2D eigenvalue weighted by Gasteiger charge is 2.39. The molecule has 0 bridgehead atoms. The number of quaternary nitrogens is 1. The van der Waals surface area contributed by atoms with E-state index in [4.69, 9.17) is 4.74 Å². The molecular weight excluding hydrogens is 461 g/mol. The molecule has 0 radical (unpaired) electrons. The number of hydrogen-bond donors (Lipinski definition) is 1. The Morgan fingerprint density at radius 1 is 1.25 bits per heavy atom. The highest BCUT2D eigenvalue weighted by atomic mass is 127. The van der Waals surface area contributed by atoms with Gasteiger partial charge in [0.15, 0.2) is 0 Å². The zero-order valence-corrected chi connectivity index (χ0v) is 19.5. The van der Waals surface area contributed by atoms with E-state index >= 15 is 0 Å². The summed E-state index contributed by atoms with van der Waals surface area (Å²) in [6.07, 6.45) is 5.19. The van der Waals surface area contributed by atoms with E-state index in [1.165, 1.54) is 50.0 Å². The summed E-state index contributed by atoms with van der Waals surface area (Å²) in [7, 11) is 2.40. The standard InChI is InChI=1S/C23H34N3O.HI/c1-3-9-25-10-5-7-17-18-6-4-8-20-23(18)19(15-22(17)25)21(24-20)16-26(2)11-13-27-14-12-26;/h4,6,8,17,22,24H,3,5,7,9-16H2,1-2H3;1H/q+1;/p-1/t17-,22-;/m1./s1. The Labute approximate surface area is 186 Å². The molecule has 2 atom stereocenters. The number of likely N-dealkylation sites (N-methyl/N-ethyl adjacent to an activating group) is 1. The minimum Gasteiger partial charge on any atom is -1.00 e. The number of nitrogens with zero attached hydrogens (tertiary/aromatic N) is 2. The summed E-state index contributed by atoms with van der Waals surface area (Å²) in [5.74, 6) is 0.721. The fourth-order valence-corrected chi connectivity index (χ4v) is 5.93. The summed E-state index contributed by atoms with van der Waals surface area (Å²) >= 11 is 0. The average Bonchev–Trinajstić information content (AvgIpc) is 3.01. The van der Waals surface area contributed by atoms with E-state index in [9.17, 15) is 0 Å². The Bertz CT molecular complexity index is 825. The molecule has 2 aliphatic heterocycles. The molecule has 3 heterocycles. The van der Waals surface area contributed by atoms with Crippen molar-refractivity contribution in [2.75, 3.05) is 46.4 Å². The Kier molecular flexibility index (Phi) is 6.08. The predicted octanol–water partition coefficient (Wildman–Crippen LogP) is 0.663. The van der Waals surface area contributed by atoms with Crippen LogP contribution in [-0.2, 0) is 17.7 Å². The molecular formula is C23H34IN3O. The number of benzene rings is 1. The van der Waals surface area contributed by atoms with Crippen LogP contribution in [0, 0.1) is 0 Å². The second-order valence-electron chi connectivity index (χ2n) is 9.25. The summed E-state index contributed by atoms with van der Waals surface area (Å²) in [6.45, 7) is 9.99. The summed E-state index contributed by atoms with van der Waals surface area (Å²) in [5.41, 5.74) is 6.09. The number of morpholine rings is 1. The maximum absolute atomic E-state index is 5.63. The number of H-pyrrole nitrogens is 1. The van der Waals surface area contributed by atoms with Crippen LogP contribution in [-0.4, -0.2) is 66.8 Å². The topological polar surface area (TPSA) is 28.3 Å². The van der Waals surface area contributed by atoms with Gasteiger partial charge in [0.05, 0.1) is 26.0 Å². The highest BCUT2D eigenvalue weighted by Crippen LogP contribution is 2.44. The van der Waals surface area contributed by atoms with E-state index in [0.717, 1.165) is 43.2 Å². The Morgan fingerprint density at radius 3 is 2.86 bits per heavy atom. The van der Waals surface area contributed by atoms with Gasteiger partial charge in [0, 0.05) is 22.9 Å². The van der Waals surface area contributed by atoms with Crippen LogP contribution < -0.4 is 24.0 Å². The highest BCUT2D eigenvalue weighted by molar-refractivity contribution is 5.89. The van der Waals surface area contributed by atoms with Crippen LogP contribution in [0.1, 0.15) is 48.9 Å². The van der Waals surface area contributed by atoms with Gasteiger partial charge in [-0.1, -0.05) is 19.1 Å². The lowest BCUT2D eigenvalue weighted by atomic mass is 9.74. The molecule has 0 amide bonds. The minimum atomic E-state index is 0. The van der Waals surface area contributed by atoms with Crippen molar-refractivity contribution in [3.05, 3.63) is 35.0 Å². The average molecular weight is 495 g/mol. The number of hydrogen-bond acceptors (Lipinski definition) is 2. The second-order valence-corrected chi connectivity index (χ2v) is 9.25. The Morgan fingerprint density at radius 2 is 2.07 bits per heavy atom. The molecule has 0 spiro atoms. The summed E-state index contributed by atoms with van der Waals surface area (Å²) < 4.78 is 6.73. The van der Waals surface area contributed by atoms with E-state index in [1.54, 1.807) is 16.5 Å². The van der Waals surface area contributed by atoms with Crippen molar-refractivity contribution in [1.82, 2.24) is 9.88 Å². The van der Waals surface area contributed by atoms with Gasteiger partial charge in [-0.05, 0) is 56.0 Å². The van der Waals surface area contributed by atoms with Crippen molar-refractivity contribution >= 4 is 10.9 Å². The van der Waals surface area contributed by atoms with Crippen molar-refractivity contribution in [2.24, 2.45) is 0 Å². The number of aromatic nitrogens is 1. The smallest absolute Gasteiger partial charge is 0.120 e. The van der Waals surface area contributed by atoms with Gasteiger partial charge in [0.25, 0.3) is 0 Å². The third kappa shape index (κ3) is 3.53. The van der Waals surface area contributed by atoms with Gasteiger partial charge in [0.2, 0.25) is 0 Å². The normalized spacial score (nSPS) is 26.6. The number of aromatic amines is 1. The Hall–Kier alpha value is -0.630. The zero-order valence-electron chi connectivity index (χ0n) is 17.3. The molecule has 1 aromatic carbocycles. The SMILES string of the molecule is CCCN1CCC[C@@H]2c3cccc4[nH]c(C[N+]5(C)CCOCC5)c(c34)C[C@H]21.[I-]. The molecule has 154 valence electrons. The van der Waals surface area contributed by atoms with Crippen LogP contribution in [0.2, 0.25) is 0 Å². The quantitative estimate of drug-likeness (QED) is 0.499. The molecule has 0 unspecified atom stereocenters. The minimum absolute atomic E-state index is 0. The number of fused-ring (bicyclic) bond motifs is 2. The van der Waals surface area contributed by atoms with Gasteiger partial charge in [-0.15, -0.1) is 0 Å². The molecule has 3 aliphatic rings. The number of ether oxygens (including phenoxy) is 1. The van der Waals surface area contributed by atoms with Crippen molar-refractivity contribution in [3.63, 3.8) is 0 Å². The van der Waals surface area contributed by atoms with E-state index in [1.807, 2.05) is 0 Å². The molecule has 0 saturated carbocycles. The maximum atomic E-state index is 5.63. The monoisotopic (exact) mass is 495 g/mol. The summed E-state index contributed by atoms with van der Waals surface area (Å²) in [6, 6.07) is 7.67. The molecule has 1 aromatic heterocycles. The Balaban J connectivity index is 0.00000192. The lowest BCUT2D eigenvalue weighted by Crippen LogP contribution is -3.00. The second kappa shape index (κ2) is 8.25. The van der Waals surface area contributed by atoms with Crippen LogP contribution in [0.3, 0.4) is 0 Å². The van der Waals surface area contributed by atoms with E-state index in [0.29, 0.717) is 6.04 Å². The first kappa shape index (κ1) is 20.6. The fourth-order valence-electron chi connectivity index (χ4n) is 5.93. The molecule has 2 aromatic rings. The number of nitrogens with one attached hydrogen (secondary N) is 1. The van der Waals surface area contributed by atoms with Gasteiger partial charge < -0.3 is 38.2 Å². The van der Waals surface area contributed by atoms with Crippen LogP contribution in [0.25, 0.3) is 10.9 Å². The van der Waals surface area contributed by atoms with Crippen molar-refractivity contribution in [1.29, 1.82) is 0 Å². The first-order valence-corrected chi connectivity index (χ1v) is 11.0. The molecule has 5 rings (SSSR count). The molecule has 2 fully saturated rings. The maximum Gasteiger partial charge on any atom is 0.120 e. The van der Waals surface area contributed by atoms with Crippen molar-refractivity contribution in [3.8, 4) is 0 Å². The first-order valence-electron chi connectivity index (χ1n) is 11.0. The van der Waals surface area contributed by atoms with Gasteiger partial charge in [-0.2, -0.15) is 0 Å². The van der Waals surface area contributed by atoms with Crippen LogP contribution in [0.15, 0.2) is 18.2 Å². The van der Waals surface area contributed by atoms with Crippen LogP contribution in [0.5, 0.6) is 0 Å². The summed E-state index contributed by atoms with van der Waals surface area (Å²) in [5, 5.41) is 1.56. The first-order chi connectivity index (χ1) is 13.2. The largest absolute Gasteiger partial charge is 1.00 e. The van der Waals surface area contributed by atoms with E-state index in [2.05, 4.69) is 42.1 Å². The molecule has 1 aliphatic carbocycles. The van der Waals surface area contributed by atoms with Gasteiger partial charge >= 0.3 is 0 Å². The molecule has 2 saturated heterocycles. The van der Waals surface area contributed by atoms with E-state index in [-0.39, 0.29) is 24.0 Å². The van der Waals surface area contributed by atoms with Gasteiger partial charge in [0.1, 0.15) is 19.6 Å². The fraction of sp³-hybridized carbons (Fsp3) is 0.652. The predicted molar refractivity (Wildman–Crippen MR) is 110 cm³/mol. The molecule has 5 heteroatoms. The van der Waals surface area contributed by atoms with Gasteiger partial charge in [-0.3, -0.25) is 4.90 Å². The molecule has 1 N–H and O–H groups in total. The van der Waals surface area contributed by atoms with Gasteiger partial charge in [-0.25, -0.2) is 0 Å². The van der Waals surface area contributed by atoms with Crippen LogP contribution >= 0.6 is 0 Å². The lowest BCUT2D eigenvalue weighted by Gasteiger charge is -2.44. The van der Waals surface area contributed by atoms with Crippen molar-refractivity contribution < 1.29 is 33.2 Å². The third-order valence-corrected chi connectivity index (χ3v) is 7.36. The van der Waals surface area contributed by atoms with Crippen LogP contribution in [0.4, 0.5) is 0 Å². The molecule has 28 heavy (non-hydrogen) atoms. The summed E-state index contributed by atoms with van der Waals surface area (Å²) in [4.78, 5) is 6.64. The number of rotatable bonds is 4. The van der Waals surface area contributed by atoms with E-state index < -0.39 is 0 Å². The van der Waals surface area contributed by atoms with Crippen molar-refractivity contribution in [2.45, 2.75) is 51.1 Å². The molecule has 4 nitrogen and oxygen atoms in total. The zero-order chi connectivity index (χ0) is 18.4. The lowest BCUT2D eigenvalue weighted by molar-refractivity contribution is -0.929. The number of piperidine rings is 1. The number of likely N-dealkylation sites (tertiary alicyclic amines) is 1.